The van der Waals surface area contributed by atoms with Crippen LogP contribution in [0.4, 0.5) is 0 Å². The molecule has 1 aromatic rings. The van der Waals surface area contributed by atoms with Crippen molar-refractivity contribution in [3.05, 3.63) is 33.8 Å². The number of nitrogens with one attached hydrogen (secondary N) is 2. The van der Waals surface area contributed by atoms with E-state index in [1.54, 1.807) is 18.2 Å². The molecule has 1 fully saturated rings. The minimum atomic E-state index is -0.838. The van der Waals surface area contributed by atoms with E-state index in [2.05, 4.69) is 10.6 Å². The maximum Gasteiger partial charge on any atom is 0.237 e. The van der Waals surface area contributed by atoms with Crippen LogP contribution in [0, 0.1) is 0 Å². The van der Waals surface area contributed by atoms with Crippen LogP contribution < -0.4 is 10.6 Å². The standard InChI is InChI=1S/C13H16Cl2N2O2/c14-8-3-4-9(10(15)6-8)12(18)7-17-13(19)11-2-1-5-16-11/h3-4,6,11-12,16,18H,1-2,5,7H2,(H,17,19)/t11-,12+/m1/s1. The van der Waals surface area contributed by atoms with Crippen LogP contribution >= 0.6 is 23.2 Å². The van der Waals surface area contributed by atoms with Gasteiger partial charge in [-0.3, -0.25) is 4.79 Å². The lowest BCUT2D eigenvalue weighted by molar-refractivity contribution is -0.123. The molecule has 0 spiro atoms. The Balaban J connectivity index is 1.89. The van der Waals surface area contributed by atoms with Crippen molar-refractivity contribution in [2.24, 2.45) is 0 Å². The zero-order valence-corrected chi connectivity index (χ0v) is 11.8. The summed E-state index contributed by atoms with van der Waals surface area (Å²) in [6, 6.07) is 4.75. The molecular formula is C13H16Cl2N2O2. The fourth-order valence-electron chi connectivity index (χ4n) is 2.11. The van der Waals surface area contributed by atoms with Gasteiger partial charge in [-0.05, 0) is 31.5 Å². The van der Waals surface area contributed by atoms with Gasteiger partial charge in [-0.2, -0.15) is 0 Å². The van der Waals surface area contributed by atoms with Crippen molar-refractivity contribution in [1.29, 1.82) is 0 Å². The highest BCUT2D eigenvalue weighted by Crippen LogP contribution is 2.25. The lowest BCUT2D eigenvalue weighted by Gasteiger charge is -2.16. The second-order valence-corrected chi connectivity index (χ2v) is 5.42. The molecule has 0 saturated carbocycles. The van der Waals surface area contributed by atoms with E-state index in [0.717, 1.165) is 19.4 Å². The molecule has 104 valence electrons. The highest BCUT2D eigenvalue weighted by Gasteiger charge is 2.22. The number of carbonyl (C=O) groups is 1. The first kappa shape index (κ1) is 14.6. The summed E-state index contributed by atoms with van der Waals surface area (Å²) in [6.45, 7) is 1.00. The lowest BCUT2D eigenvalue weighted by Crippen LogP contribution is -2.41. The second-order valence-electron chi connectivity index (χ2n) is 4.58. The quantitative estimate of drug-likeness (QED) is 0.796. The molecule has 1 saturated heterocycles. The van der Waals surface area contributed by atoms with E-state index in [1.165, 1.54) is 0 Å². The zero-order chi connectivity index (χ0) is 13.8. The first-order valence-electron chi connectivity index (χ1n) is 6.22. The minimum Gasteiger partial charge on any atom is -0.387 e. The topological polar surface area (TPSA) is 61.4 Å². The van der Waals surface area contributed by atoms with Crippen LogP contribution in [0.25, 0.3) is 0 Å². The average Bonchev–Trinajstić information content (AvgIpc) is 2.89. The molecule has 2 rings (SSSR count). The Kier molecular flexibility index (Phi) is 5.05. The summed E-state index contributed by atoms with van der Waals surface area (Å²) in [4.78, 5) is 11.8. The van der Waals surface area contributed by atoms with Crippen molar-refractivity contribution in [2.45, 2.75) is 25.0 Å². The van der Waals surface area contributed by atoms with Crippen LogP contribution in [0.1, 0.15) is 24.5 Å². The molecule has 1 heterocycles. The number of aliphatic hydroxyl groups excluding tert-OH is 1. The van der Waals surface area contributed by atoms with Crippen LogP contribution in [0.2, 0.25) is 10.0 Å². The molecule has 0 aromatic heterocycles. The van der Waals surface area contributed by atoms with Crippen molar-refractivity contribution in [2.75, 3.05) is 13.1 Å². The van der Waals surface area contributed by atoms with Gasteiger partial charge in [-0.25, -0.2) is 0 Å². The smallest absolute Gasteiger partial charge is 0.237 e. The van der Waals surface area contributed by atoms with Gasteiger partial charge in [-0.15, -0.1) is 0 Å². The average molecular weight is 303 g/mol. The van der Waals surface area contributed by atoms with Crippen LogP contribution in [0.15, 0.2) is 18.2 Å². The Morgan fingerprint density at radius 2 is 2.32 bits per heavy atom. The lowest BCUT2D eigenvalue weighted by atomic mass is 10.1. The normalized spacial score (nSPS) is 20.3. The van der Waals surface area contributed by atoms with Crippen LogP contribution in [-0.4, -0.2) is 30.1 Å². The van der Waals surface area contributed by atoms with Gasteiger partial charge in [0.25, 0.3) is 0 Å². The predicted octanol–water partition coefficient (Wildman–Crippen LogP) is 1.89. The minimum absolute atomic E-state index is 0.0818. The summed E-state index contributed by atoms with van der Waals surface area (Å²) in [6.07, 6.45) is 1.00. The third-order valence-corrected chi connectivity index (χ3v) is 3.73. The molecule has 1 amide bonds. The Hall–Kier alpha value is -0.810. The summed E-state index contributed by atoms with van der Waals surface area (Å²) in [5.41, 5.74) is 0.561. The van der Waals surface area contributed by atoms with Gasteiger partial charge in [0.1, 0.15) is 0 Å². The zero-order valence-electron chi connectivity index (χ0n) is 10.3. The van der Waals surface area contributed by atoms with Crippen molar-refractivity contribution < 1.29 is 9.90 Å². The van der Waals surface area contributed by atoms with Gasteiger partial charge in [0.2, 0.25) is 5.91 Å². The third-order valence-electron chi connectivity index (χ3n) is 3.17. The summed E-state index contributed by atoms with van der Waals surface area (Å²) in [5.74, 6) is -0.0818. The van der Waals surface area contributed by atoms with Gasteiger partial charge >= 0.3 is 0 Å². The largest absolute Gasteiger partial charge is 0.387 e. The molecule has 1 aromatic carbocycles. The van der Waals surface area contributed by atoms with Gasteiger partial charge in [-0.1, -0.05) is 29.3 Å². The van der Waals surface area contributed by atoms with Crippen molar-refractivity contribution in [1.82, 2.24) is 10.6 Å². The number of hydrogen-bond donors (Lipinski definition) is 3. The number of carbonyl (C=O) groups excluding carboxylic acids is 1. The molecule has 1 aliphatic rings. The summed E-state index contributed by atoms with van der Waals surface area (Å²) in [7, 11) is 0. The highest BCUT2D eigenvalue weighted by atomic mass is 35.5. The Labute approximate surface area is 122 Å². The first-order chi connectivity index (χ1) is 9.08. The first-order valence-corrected chi connectivity index (χ1v) is 6.97. The Bertz CT molecular complexity index is 462. The SMILES string of the molecule is O=C(NC[C@H](O)c1ccc(Cl)cc1Cl)[C@H]1CCCN1. The van der Waals surface area contributed by atoms with E-state index in [-0.39, 0.29) is 18.5 Å². The Morgan fingerprint density at radius 1 is 1.53 bits per heavy atom. The molecule has 3 N–H and O–H groups in total. The number of benzene rings is 1. The van der Waals surface area contributed by atoms with E-state index in [0.29, 0.717) is 15.6 Å². The summed E-state index contributed by atoms with van der Waals surface area (Å²) >= 11 is 11.8. The predicted molar refractivity (Wildman–Crippen MR) is 75.5 cm³/mol. The third kappa shape index (κ3) is 3.83. The van der Waals surface area contributed by atoms with Crippen molar-refractivity contribution in [3.8, 4) is 0 Å². The van der Waals surface area contributed by atoms with Crippen molar-refractivity contribution >= 4 is 29.1 Å². The fourth-order valence-corrected chi connectivity index (χ4v) is 2.64. The van der Waals surface area contributed by atoms with Gasteiger partial charge < -0.3 is 15.7 Å². The van der Waals surface area contributed by atoms with Crippen molar-refractivity contribution in [3.63, 3.8) is 0 Å². The molecule has 0 aliphatic carbocycles. The Morgan fingerprint density at radius 3 is 2.95 bits per heavy atom. The van der Waals surface area contributed by atoms with Crippen LogP contribution in [0.5, 0.6) is 0 Å². The van der Waals surface area contributed by atoms with Gasteiger partial charge in [0.15, 0.2) is 0 Å². The number of halogens is 2. The van der Waals surface area contributed by atoms with Gasteiger partial charge in [0, 0.05) is 22.2 Å². The highest BCUT2D eigenvalue weighted by molar-refractivity contribution is 6.35. The molecule has 4 nitrogen and oxygen atoms in total. The van der Waals surface area contributed by atoms with Crippen LogP contribution in [-0.2, 0) is 4.79 Å². The molecule has 0 bridgehead atoms. The molecule has 2 atom stereocenters. The summed E-state index contributed by atoms with van der Waals surface area (Å²) < 4.78 is 0. The number of rotatable bonds is 4. The molecule has 0 unspecified atom stereocenters. The molecule has 6 heteroatoms. The monoisotopic (exact) mass is 302 g/mol. The van der Waals surface area contributed by atoms with E-state index in [9.17, 15) is 9.90 Å². The van der Waals surface area contributed by atoms with Crippen LogP contribution in [0.3, 0.4) is 0 Å². The molecular weight excluding hydrogens is 287 g/mol. The van der Waals surface area contributed by atoms with E-state index >= 15 is 0 Å². The number of hydrogen-bond acceptors (Lipinski definition) is 3. The van der Waals surface area contributed by atoms with E-state index in [4.69, 9.17) is 23.2 Å². The molecule has 19 heavy (non-hydrogen) atoms. The van der Waals surface area contributed by atoms with E-state index in [1.807, 2.05) is 0 Å². The molecule has 0 radical (unpaired) electrons. The second kappa shape index (κ2) is 6.57. The van der Waals surface area contributed by atoms with E-state index < -0.39 is 6.10 Å². The maximum absolute atomic E-state index is 11.8. The maximum atomic E-state index is 11.8. The molecule has 1 aliphatic heterocycles. The number of amides is 1. The number of aliphatic hydroxyl groups is 1. The van der Waals surface area contributed by atoms with Gasteiger partial charge in [0.05, 0.1) is 12.1 Å². The summed E-state index contributed by atoms with van der Waals surface area (Å²) in [5, 5.41) is 16.8. The fraction of sp³-hybridized carbons (Fsp3) is 0.462.